The van der Waals surface area contributed by atoms with Gasteiger partial charge in [-0.3, -0.25) is 0 Å². The van der Waals surface area contributed by atoms with Crippen LogP contribution in [0.15, 0.2) is 237 Å². The van der Waals surface area contributed by atoms with Crippen molar-refractivity contribution in [3.8, 4) is 33.4 Å². The van der Waals surface area contributed by atoms with Crippen molar-refractivity contribution in [2.24, 2.45) is 0 Å². The highest BCUT2D eigenvalue weighted by molar-refractivity contribution is 7.27. The SMILES string of the molecule is c1ccc([Si](c2ccccc2)(c2ccccc2)c2cccc(-c3cccc4c3sc3c(-c5cccc(-c6cc7c8ccccc8n8c9ccccc9c(c6)c78)c5)cccc34)c2)cc1. The van der Waals surface area contributed by atoms with Crippen LogP contribution in [0.25, 0.3) is 91.6 Å². The van der Waals surface area contributed by atoms with Crippen molar-refractivity contribution < 1.29 is 0 Å². The van der Waals surface area contributed by atoms with Crippen LogP contribution < -0.4 is 20.7 Å². The largest absolute Gasteiger partial charge is 0.308 e. The topological polar surface area (TPSA) is 4.41 Å². The summed E-state index contributed by atoms with van der Waals surface area (Å²) in [7, 11) is -2.69. The van der Waals surface area contributed by atoms with Crippen molar-refractivity contribution in [2.45, 2.75) is 0 Å². The third kappa shape index (κ3) is 5.40. The standard InChI is InChI=1S/C60H39NSSi/c1-4-21-44(22-5-1)63(45-23-6-2-7-24-45,46-25-8-3-9-26-46)47-27-15-20-42(37-47)49-31-17-33-53-52-32-16-30-48(59(52)62-60(49)53)41-19-14-18-40(36-41)43-38-54-50-28-10-12-34-56(50)61-57-35-13-11-29-51(57)55(39-43)58(54)61/h1-39H. The monoisotopic (exact) mass is 833 g/mol. The third-order valence-electron chi connectivity index (χ3n) is 13.5. The molecule has 63 heavy (non-hydrogen) atoms. The number of hydrogen-bond acceptors (Lipinski definition) is 1. The molecule has 0 bridgehead atoms. The maximum absolute atomic E-state index is 2.69. The first-order valence-electron chi connectivity index (χ1n) is 21.8. The van der Waals surface area contributed by atoms with Crippen molar-refractivity contribution in [1.82, 2.24) is 4.40 Å². The second-order valence-corrected chi connectivity index (χ2v) is 21.6. The molecule has 0 aliphatic rings. The smallest absolute Gasteiger partial charge is 0.179 e. The fourth-order valence-corrected chi connectivity index (χ4v) is 16.9. The molecule has 0 aliphatic carbocycles. The zero-order valence-corrected chi connectivity index (χ0v) is 36.2. The molecule has 13 rings (SSSR count). The predicted molar refractivity (Wildman–Crippen MR) is 274 cm³/mol. The molecule has 0 fully saturated rings. The minimum absolute atomic E-state index is 1.23. The maximum atomic E-state index is 2.50. The highest BCUT2D eigenvalue weighted by Gasteiger charge is 2.41. The number of aromatic nitrogens is 1. The van der Waals surface area contributed by atoms with Gasteiger partial charge < -0.3 is 4.40 Å². The molecule has 294 valence electrons. The number of fused-ring (bicyclic) bond motifs is 9. The Balaban J connectivity index is 0.969. The predicted octanol–water partition coefficient (Wildman–Crippen LogP) is 13.6. The Morgan fingerprint density at radius 2 is 0.698 bits per heavy atom. The summed E-state index contributed by atoms with van der Waals surface area (Å²) in [5.74, 6) is 0. The summed E-state index contributed by atoms with van der Waals surface area (Å²) in [6.45, 7) is 0. The average molecular weight is 834 g/mol. The first kappa shape index (κ1) is 36.1. The van der Waals surface area contributed by atoms with Crippen molar-refractivity contribution in [3.63, 3.8) is 0 Å². The van der Waals surface area contributed by atoms with Crippen molar-refractivity contribution in [3.05, 3.63) is 237 Å². The van der Waals surface area contributed by atoms with E-state index in [9.17, 15) is 0 Å². The molecule has 0 radical (unpaired) electrons. The van der Waals surface area contributed by atoms with Gasteiger partial charge in [0.1, 0.15) is 0 Å². The number of nitrogens with zero attached hydrogens (tertiary/aromatic N) is 1. The van der Waals surface area contributed by atoms with Gasteiger partial charge in [-0.05, 0) is 84.5 Å². The van der Waals surface area contributed by atoms with Crippen LogP contribution in [-0.2, 0) is 0 Å². The van der Waals surface area contributed by atoms with Gasteiger partial charge in [0.25, 0.3) is 0 Å². The summed E-state index contributed by atoms with van der Waals surface area (Å²) in [4.78, 5) is 0. The van der Waals surface area contributed by atoms with Crippen LogP contribution in [0.4, 0.5) is 0 Å². The van der Waals surface area contributed by atoms with E-state index in [-0.39, 0.29) is 0 Å². The molecule has 0 amide bonds. The van der Waals surface area contributed by atoms with Crippen LogP contribution >= 0.6 is 11.3 Å². The lowest BCUT2D eigenvalue weighted by molar-refractivity contribution is 1.37. The van der Waals surface area contributed by atoms with Crippen molar-refractivity contribution >= 4 is 98.4 Å². The average Bonchev–Trinajstić information content (AvgIpc) is 4.03. The Morgan fingerprint density at radius 3 is 1.24 bits per heavy atom. The van der Waals surface area contributed by atoms with Gasteiger partial charge in [-0.25, -0.2) is 0 Å². The van der Waals surface area contributed by atoms with Gasteiger partial charge in [-0.2, -0.15) is 0 Å². The second-order valence-electron chi connectivity index (χ2n) is 16.8. The van der Waals surface area contributed by atoms with Gasteiger partial charge in [-0.1, -0.05) is 206 Å². The Bertz CT molecular complexity index is 3670. The fraction of sp³-hybridized carbons (Fsp3) is 0. The summed E-state index contributed by atoms with van der Waals surface area (Å²) >= 11 is 1.93. The van der Waals surface area contributed by atoms with E-state index >= 15 is 0 Å². The zero-order valence-electron chi connectivity index (χ0n) is 34.4. The zero-order chi connectivity index (χ0) is 41.5. The third-order valence-corrected chi connectivity index (χ3v) is 19.5. The molecule has 3 aromatic heterocycles. The Kier molecular flexibility index (Phi) is 8.17. The first-order chi connectivity index (χ1) is 31.3. The summed E-state index contributed by atoms with van der Waals surface area (Å²) < 4.78 is 5.10. The van der Waals surface area contributed by atoms with Gasteiger partial charge in [0.15, 0.2) is 8.07 Å². The Morgan fingerprint density at radius 1 is 0.286 bits per heavy atom. The fourth-order valence-electron chi connectivity index (χ4n) is 10.7. The van der Waals surface area contributed by atoms with Gasteiger partial charge in [0, 0.05) is 41.7 Å². The molecule has 0 unspecified atom stereocenters. The lowest BCUT2D eigenvalue weighted by Gasteiger charge is -2.34. The van der Waals surface area contributed by atoms with Gasteiger partial charge in [0.05, 0.1) is 16.6 Å². The summed E-state index contributed by atoms with van der Waals surface area (Å²) in [5, 5.41) is 13.3. The quantitative estimate of drug-likeness (QED) is 0.111. The first-order valence-corrected chi connectivity index (χ1v) is 24.6. The molecule has 3 heteroatoms. The number of hydrogen-bond donors (Lipinski definition) is 0. The molecule has 0 saturated carbocycles. The molecule has 0 saturated heterocycles. The number of para-hydroxylation sites is 2. The van der Waals surface area contributed by atoms with Crippen LogP contribution in [0.5, 0.6) is 0 Å². The maximum Gasteiger partial charge on any atom is 0.179 e. The van der Waals surface area contributed by atoms with E-state index in [0.717, 1.165) is 0 Å². The van der Waals surface area contributed by atoms with Crippen molar-refractivity contribution in [2.75, 3.05) is 0 Å². The molecule has 0 atom stereocenters. The molecular formula is C60H39NSSi. The minimum atomic E-state index is -2.69. The molecule has 10 aromatic carbocycles. The number of benzene rings is 10. The van der Waals surface area contributed by atoms with E-state index in [1.807, 2.05) is 11.3 Å². The van der Waals surface area contributed by atoms with Crippen molar-refractivity contribution in [1.29, 1.82) is 0 Å². The van der Waals surface area contributed by atoms with E-state index in [0.29, 0.717) is 0 Å². The van der Waals surface area contributed by atoms with E-state index in [1.54, 1.807) is 0 Å². The van der Waals surface area contributed by atoms with Crippen LogP contribution in [0, 0.1) is 0 Å². The lowest BCUT2D eigenvalue weighted by Crippen LogP contribution is -2.74. The van der Waals surface area contributed by atoms with E-state index < -0.39 is 8.07 Å². The lowest BCUT2D eigenvalue weighted by atomic mass is 9.95. The van der Waals surface area contributed by atoms with E-state index in [4.69, 9.17) is 0 Å². The molecule has 13 aromatic rings. The minimum Gasteiger partial charge on any atom is -0.308 e. The summed E-state index contributed by atoms with van der Waals surface area (Å²) in [5.41, 5.74) is 11.3. The molecule has 3 heterocycles. The molecule has 0 N–H and O–H groups in total. The van der Waals surface area contributed by atoms with Crippen LogP contribution in [0.1, 0.15) is 0 Å². The highest BCUT2D eigenvalue weighted by Crippen LogP contribution is 2.45. The number of rotatable bonds is 7. The second kappa shape index (κ2) is 14.3. The van der Waals surface area contributed by atoms with Crippen LogP contribution in [0.2, 0.25) is 0 Å². The Labute approximate surface area is 370 Å². The van der Waals surface area contributed by atoms with Crippen LogP contribution in [-0.4, -0.2) is 12.5 Å². The van der Waals surface area contributed by atoms with E-state index in [2.05, 4.69) is 241 Å². The molecular weight excluding hydrogens is 795 g/mol. The number of thiophene rings is 1. The normalized spacial score (nSPS) is 12.1. The van der Waals surface area contributed by atoms with Gasteiger partial charge in [0.2, 0.25) is 0 Å². The van der Waals surface area contributed by atoms with Crippen LogP contribution in [0.3, 0.4) is 0 Å². The van der Waals surface area contributed by atoms with Gasteiger partial charge in [-0.15, -0.1) is 11.3 Å². The molecule has 1 nitrogen and oxygen atoms in total. The summed E-state index contributed by atoms with van der Waals surface area (Å²) in [6.07, 6.45) is 0. The van der Waals surface area contributed by atoms with Gasteiger partial charge >= 0.3 is 0 Å². The summed E-state index contributed by atoms with van der Waals surface area (Å²) in [6, 6.07) is 88.5. The molecule has 0 spiro atoms. The Hall–Kier alpha value is -7.56. The highest BCUT2D eigenvalue weighted by atomic mass is 32.1. The molecule has 0 aliphatic heterocycles. The van der Waals surface area contributed by atoms with E-state index in [1.165, 1.54) is 112 Å².